The summed E-state index contributed by atoms with van der Waals surface area (Å²) < 4.78 is 7.80. The van der Waals surface area contributed by atoms with Crippen LogP contribution in [0.25, 0.3) is 22.2 Å². The number of thiazole rings is 1. The molecule has 1 aliphatic heterocycles. The van der Waals surface area contributed by atoms with Crippen molar-refractivity contribution in [3.8, 4) is 11.1 Å². The Bertz CT molecular complexity index is 1360. The van der Waals surface area contributed by atoms with Crippen LogP contribution in [0.5, 0.6) is 0 Å². The Kier molecular flexibility index (Phi) is 4.87. The number of rotatable bonds is 3. The van der Waals surface area contributed by atoms with Gasteiger partial charge in [-0.25, -0.2) is 9.97 Å². The summed E-state index contributed by atoms with van der Waals surface area (Å²) >= 11 is 1.81. The van der Waals surface area contributed by atoms with E-state index >= 15 is 0 Å². The third-order valence-corrected chi connectivity index (χ3v) is 8.00. The number of aryl methyl sites for hydroxylation is 4. The number of piperidine rings is 1. The molecule has 1 aromatic carbocycles. The van der Waals surface area contributed by atoms with E-state index in [4.69, 9.17) is 14.5 Å². The lowest BCUT2D eigenvalue weighted by atomic mass is 9.96. The molecule has 8 heteroatoms. The van der Waals surface area contributed by atoms with Crippen LogP contribution in [0, 0.1) is 20.8 Å². The maximum atomic E-state index is 12.2. The van der Waals surface area contributed by atoms with E-state index in [1.165, 1.54) is 10.6 Å². The first-order valence-electron chi connectivity index (χ1n) is 11.7. The zero-order chi connectivity index (χ0) is 22.7. The summed E-state index contributed by atoms with van der Waals surface area (Å²) in [6.07, 6.45) is 5.39. The minimum atomic E-state index is -0.0502. The van der Waals surface area contributed by atoms with E-state index in [2.05, 4.69) is 40.2 Å². The number of nitrogens with one attached hydrogen (secondary N) is 1. The van der Waals surface area contributed by atoms with Gasteiger partial charge in [-0.3, -0.25) is 4.79 Å². The smallest absolute Gasteiger partial charge is 0.220 e. The van der Waals surface area contributed by atoms with Gasteiger partial charge in [0.05, 0.1) is 33.5 Å². The van der Waals surface area contributed by atoms with Gasteiger partial charge in [-0.15, -0.1) is 11.3 Å². The van der Waals surface area contributed by atoms with Gasteiger partial charge in [0.15, 0.2) is 0 Å². The van der Waals surface area contributed by atoms with Gasteiger partial charge < -0.3 is 14.4 Å². The van der Waals surface area contributed by atoms with Gasteiger partial charge in [-0.1, -0.05) is 11.2 Å². The fourth-order valence-electron chi connectivity index (χ4n) is 5.50. The van der Waals surface area contributed by atoms with E-state index in [0.717, 1.165) is 76.6 Å². The van der Waals surface area contributed by atoms with Crippen molar-refractivity contribution in [1.82, 2.24) is 25.0 Å². The number of amides is 1. The highest BCUT2D eigenvalue weighted by molar-refractivity contribution is 7.11. The van der Waals surface area contributed by atoms with Crippen LogP contribution in [0.15, 0.2) is 22.7 Å². The van der Waals surface area contributed by atoms with Crippen molar-refractivity contribution in [1.29, 1.82) is 0 Å². The summed E-state index contributed by atoms with van der Waals surface area (Å²) in [4.78, 5) is 23.5. The first-order chi connectivity index (χ1) is 16.0. The van der Waals surface area contributed by atoms with Gasteiger partial charge in [0.25, 0.3) is 0 Å². The van der Waals surface area contributed by atoms with Crippen molar-refractivity contribution in [2.24, 2.45) is 0 Å². The first kappa shape index (κ1) is 20.6. The van der Waals surface area contributed by atoms with Crippen LogP contribution in [-0.2, 0) is 17.6 Å². The highest BCUT2D eigenvalue weighted by atomic mass is 32.1. The average Bonchev–Trinajstić information content (AvgIpc) is 3.46. The van der Waals surface area contributed by atoms with Gasteiger partial charge in [-0.2, -0.15) is 0 Å². The van der Waals surface area contributed by atoms with Crippen LogP contribution in [0.3, 0.4) is 0 Å². The summed E-state index contributed by atoms with van der Waals surface area (Å²) in [5, 5.41) is 8.46. The van der Waals surface area contributed by atoms with E-state index in [1.54, 1.807) is 0 Å². The fourth-order valence-corrected chi connectivity index (χ4v) is 6.56. The molecule has 2 aliphatic rings. The second-order valence-corrected chi connectivity index (χ2v) is 10.5. The number of aromatic nitrogens is 4. The van der Waals surface area contributed by atoms with Crippen molar-refractivity contribution >= 4 is 28.3 Å². The molecule has 0 spiro atoms. The minimum absolute atomic E-state index is 0.0502. The molecule has 1 aliphatic carbocycles. The maximum Gasteiger partial charge on any atom is 0.220 e. The molecule has 3 aromatic heterocycles. The lowest BCUT2D eigenvalue weighted by Crippen LogP contribution is -2.35. The Hall–Kier alpha value is -3.00. The molecule has 4 heterocycles. The molecule has 1 saturated heterocycles. The first-order valence-corrected chi connectivity index (χ1v) is 12.5. The highest BCUT2D eigenvalue weighted by Gasteiger charge is 2.31. The maximum absolute atomic E-state index is 12.2. The number of fused-ring (bicyclic) bond motifs is 2. The van der Waals surface area contributed by atoms with Gasteiger partial charge in [0, 0.05) is 29.3 Å². The quantitative estimate of drug-likeness (QED) is 0.456. The largest absolute Gasteiger partial charge is 0.361 e. The number of nitrogens with zero attached hydrogens (tertiary/aromatic N) is 4. The molecule has 7 nitrogen and oxygen atoms in total. The normalized spacial score (nSPS) is 20.8. The number of hydrogen-bond acceptors (Lipinski definition) is 6. The summed E-state index contributed by atoms with van der Waals surface area (Å²) in [6, 6.07) is 6.70. The SMILES string of the molecule is Cc1nc2c(s1)CC(n1c(C3CCCC(=O)N3)nc3cc(-c4c(C)noc4C)ccc31)CC2. The third-order valence-electron chi connectivity index (χ3n) is 6.97. The molecule has 1 N–H and O–H groups in total. The lowest BCUT2D eigenvalue weighted by molar-refractivity contribution is -0.123. The number of carbonyl (C=O) groups excluding carboxylic acids is 1. The fraction of sp³-hybridized carbons (Fsp3) is 0.440. The number of benzene rings is 1. The Morgan fingerprint density at radius 1 is 1.15 bits per heavy atom. The molecule has 1 fully saturated rings. The Morgan fingerprint density at radius 2 is 2.03 bits per heavy atom. The zero-order valence-corrected chi connectivity index (χ0v) is 20.0. The predicted molar refractivity (Wildman–Crippen MR) is 127 cm³/mol. The Labute approximate surface area is 196 Å². The molecule has 6 rings (SSSR count). The van der Waals surface area contributed by atoms with Gasteiger partial charge >= 0.3 is 0 Å². The molecule has 4 aromatic rings. The van der Waals surface area contributed by atoms with Crippen molar-refractivity contribution < 1.29 is 9.32 Å². The molecule has 0 bridgehead atoms. The van der Waals surface area contributed by atoms with Gasteiger partial charge in [0.2, 0.25) is 5.91 Å². The van der Waals surface area contributed by atoms with E-state index in [-0.39, 0.29) is 11.9 Å². The van der Waals surface area contributed by atoms with Crippen LogP contribution in [0.2, 0.25) is 0 Å². The molecule has 0 saturated carbocycles. The van der Waals surface area contributed by atoms with Crippen molar-refractivity contribution in [2.75, 3.05) is 0 Å². The molecule has 2 unspecified atom stereocenters. The van der Waals surface area contributed by atoms with E-state index < -0.39 is 0 Å². The predicted octanol–water partition coefficient (Wildman–Crippen LogP) is 5.14. The van der Waals surface area contributed by atoms with Crippen LogP contribution < -0.4 is 5.32 Å². The van der Waals surface area contributed by atoms with Crippen LogP contribution >= 0.6 is 11.3 Å². The Balaban J connectivity index is 1.48. The average molecular weight is 462 g/mol. The minimum Gasteiger partial charge on any atom is -0.361 e. The van der Waals surface area contributed by atoms with Crippen LogP contribution in [0.1, 0.15) is 70.6 Å². The van der Waals surface area contributed by atoms with Crippen molar-refractivity contribution in [3.63, 3.8) is 0 Å². The van der Waals surface area contributed by atoms with E-state index in [1.807, 2.05) is 25.2 Å². The Morgan fingerprint density at radius 3 is 2.82 bits per heavy atom. The number of hydrogen-bond donors (Lipinski definition) is 1. The molecular formula is C25H27N5O2S. The lowest BCUT2D eigenvalue weighted by Gasteiger charge is -2.29. The standard InChI is InChI=1S/C25H27N5O2S/c1-13-24(14(2)32-29-13)16-7-10-21-20(11-16)28-25(19-5-4-6-23(31)27-19)30(21)17-8-9-18-22(12-17)33-15(3)26-18/h7,10-11,17,19H,4-6,8-9,12H2,1-3H3,(H,27,31). The van der Waals surface area contributed by atoms with Crippen LogP contribution in [0.4, 0.5) is 0 Å². The number of imidazole rings is 1. The summed E-state index contributed by atoms with van der Waals surface area (Å²) in [5.41, 5.74) is 6.30. The number of carbonyl (C=O) groups is 1. The van der Waals surface area contributed by atoms with Gasteiger partial charge in [-0.05, 0) is 64.2 Å². The molecule has 2 atom stereocenters. The van der Waals surface area contributed by atoms with Crippen molar-refractivity contribution in [3.05, 3.63) is 51.1 Å². The van der Waals surface area contributed by atoms with Crippen LogP contribution in [-0.4, -0.2) is 25.6 Å². The topological polar surface area (TPSA) is 85.8 Å². The zero-order valence-electron chi connectivity index (χ0n) is 19.1. The molecule has 170 valence electrons. The van der Waals surface area contributed by atoms with Gasteiger partial charge in [0.1, 0.15) is 11.6 Å². The molecule has 33 heavy (non-hydrogen) atoms. The summed E-state index contributed by atoms with van der Waals surface area (Å²) in [5.74, 6) is 1.90. The second kappa shape index (κ2) is 7.80. The summed E-state index contributed by atoms with van der Waals surface area (Å²) in [7, 11) is 0. The highest BCUT2D eigenvalue weighted by Crippen LogP contribution is 2.38. The van der Waals surface area contributed by atoms with E-state index in [0.29, 0.717) is 12.5 Å². The second-order valence-electron chi connectivity index (χ2n) is 9.25. The molecule has 1 amide bonds. The summed E-state index contributed by atoms with van der Waals surface area (Å²) in [6.45, 7) is 6.00. The monoisotopic (exact) mass is 461 g/mol. The third kappa shape index (κ3) is 3.47. The molecule has 0 radical (unpaired) electrons. The van der Waals surface area contributed by atoms with E-state index in [9.17, 15) is 4.79 Å². The van der Waals surface area contributed by atoms with Crippen molar-refractivity contribution in [2.45, 2.75) is 71.4 Å². The molecular weight excluding hydrogens is 434 g/mol.